The second-order valence-electron chi connectivity index (χ2n) is 7.73. The minimum absolute atomic E-state index is 0. The molecule has 1 rings (SSSR count). The van der Waals surface area contributed by atoms with Gasteiger partial charge >= 0.3 is 0 Å². The Morgan fingerprint density at radius 3 is 1.92 bits per heavy atom. The minimum atomic E-state index is -3.63. The summed E-state index contributed by atoms with van der Waals surface area (Å²) < 4.78 is 28.9. The van der Waals surface area contributed by atoms with Gasteiger partial charge in [0.2, 0.25) is 0 Å². The third kappa shape index (κ3) is 9.58. The lowest BCUT2D eigenvalue weighted by Crippen LogP contribution is -2.43. The fourth-order valence-corrected chi connectivity index (χ4v) is 3.18. The fourth-order valence-electron chi connectivity index (χ4n) is 1.88. The van der Waals surface area contributed by atoms with Crippen LogP contribution in [0.15, 0.2) is 24.3 Å². The maximum Gasteiger partial charge on any atom is 0.299 e. The van der Waals surface area contributed by atoms with Crippen LogP contribution in [-0.2, 0) is 10.2 Å². The number of aliphatic hydroxyl groups excluding tert-OH is 1. The zero-order valence-corrected chi connectivity index (χ0v) is 17.7. The van der Waals surface area contributed by atoms with Gasteiger partial charge in [0.1, 0.15) is 0 Å². The highest BCUT2D eigenvalue weighted by molar-refractivity contribution is 8.93. The number of benzene rings is 1. The van der Waals surface area contributed by atoms with Crippen molar-refractivity contribution in [3.8, 4) is 0 Å². The molecular formula is C16H30BrN3O3S. The first-order chi connectivity index (χ1) is 10.3. The molecule has 140 valence electrons. The molecule has 0 aromatic heterocycles. The van der Waals surface area contributed by atoms with Crippen molar-refractivity contribution in [3.63, 3.8) is 0 Å². The predicted molar refractivity (Wildman–Crippen MR) is 105 cm³/mol. The lowest BCUT2D eigenvalue weighted by atomic mass is 10.1. The smallest absolute Gasteiger partial charge is 0.299 e. The summed E-state index contributed by atoms with van der Waals surface area (Å²) in [6, 6.07) is 6.70. The number of rotatable bonds is 6. The molecule has 4 N–H and O–H groups in total. The molecule has 24 heavy (non-hydrogen) atoms. The second kappa shape index (κ2) is 8.62. The average Bonchev–Trinajstić information content (AvgIpc) is 2.32. The van der Waals surface area contributed by atoms with Crippen LogP contribution >= 0.6 is 17.0 Å². The SMILES string of the molecule is Br.CC(C)(C)NCC(O)c1ccc(NS(=O)(=O)NC(C)(C)C)cc1. The van der Waals surface area contributed by atoms with Crippen LogP contribution < -0.4 is 14.8 Å². The van der Waals surface area contributed by atoms with E-state index < -0.39 is 21.9 Å². The summed E-state index contributed by atoms with van der Waals surface area (Å²) in [4.78, 5) is 0. The Bertz CT molecular complexity index is 605. The van der Waals surface area contributed by atoms with Crippen LogP contribution in [0, 0.1) is 0 Å². The Morgan fingerprint density at radius 2 is 1.50 bits per heavy atom. The van der Waals surface area contributed by atoms with E-state index in [4.69, 9.17) is 0 Å². The van der Waals surface area contributed by atoms with E-state index in [-0.39, 0.29) is 22.5 Å². The molecule has 6 nitrogen and oxygen atoms in total. The van der Waals surface area contributed by atoms with E-state index >= 15 is 0 Å². The van der Waals surface area contributed by atoms with Gasteiger partial charge in [-0.15, -0.1) is 17.0 Å². The molecule has 0 bridgehead atoms. The van der Waals surface area contributed by atoms with Crippen LogP contribution in [0.2, 0.25) is 0 Å². The van der Waals surface area contributed by atoms with Crippen molar-refractivity contribution in [2.45, 2.75) is 58.7 Å². The van der Waals surface area contributed by atoms with E-state index in [9.17, 15) is 13.5 Å². The third-order valence-electron chi connectivity index (χ3n) is 2.81. The number of aliphatic hydroxyl groups is 1. The van der Waals surface area contributed by atoms with Gasteiger partial charge in [-0.25, -0.2) is 0 Å². The molecule has 0 heterocycles. The molecule has 0 spiro atoms. The highest BCUT2D eigenvalue weighted by Crippen LogP contribution is 2.17. The second-order valence-corrected chi connectivity index (χ2v) is 9.14. The highest BCUT2D eigenvalue weighted by atomic mass is 79.9. The topological polar surface area (TPSA) is 90.5 Å². The summed E-state index contributed by atoms with van der Waals surface area (Å²) in [6.07, 6.45) is -0.646. The molecule has 0 fully saturated rings. The molecular weight excluding hydrogens is 394 g/mol. The molecule has 8 heteroatoms. The van der Waals surface area contributed by atoms with Crippen molar-refractivity contribution in [2.75, 3.05) is 11.3 Å². The van der Waals surface area contributed by atoms with E-state index in [1.165, 1.54) is 0 Å². The van der Waals surface area contributed by atoms with Crippen molar-refractivity contribution in [1.82, 2.24) is 10.0 Å². The summed E-state index contributed by atoms with van der Waals surface area (Å²) in [6.45, 7) is 11.8. The molecule has 1 unspecified atom stereocenters. The van der Waals surface area contributed by atoms with Gasteiger partial charge in [-0.1, -0.05) is 12.1 Å². The Morgan fingerprint density at radius 1 is 1.00 bits per heavy atom. The zero-order chi connectivity index (χ0) is 17.9. The Balaban J connectivity index is 0.00000529. The first kappa shape index (κ1) is 23.3. The van der Waals surface area contributed by atoms with Gasteiger partial charge < -0.3 is 10.4 Å². The predicted octanol–water partition coefficient (Wildman–Crippen LogP) is 2.73. The Hall–Kier alpha value is -0.670. The quantitative estimate of drug-likeness (QED) is 0.565. The monoisotopic (exact) mass is 423 g/mol. The molecule has 0 saturated carbocycles. The lowest BCUT2D eigenvalue weighted by molar-refractivity contribution is 0.163. The van der Waals surface area contributed by atoms with Gasteiger partial charge in [-0.2, -0.15) is 13.1 Å². The molecule has 1 aromatic carbocycles. The standard InChI is InChI=1S/C16H29N3O3S.BrH/c1-15(2,3)17-11-14(20)12-7-9-13(10-8-12)18-23(21,22)19-16(4,5)6;/h7-10,14,17-20H,11H2,1-6H3;1H. The van der Waals surface area contributed by atoms with Gasteiger partial charge in [-0.05, 0) is 59.2 Å². The third-order valence-corrected chi connectivity index (χ3v) is 4.20. The molecule has 0 aliphatic rings. The van der Waals surface area contributed by atoms with Crippen molar-refractivity contribution in [1.29, 1.82) is 0 Å². The normalized spacial score (nSPS) is 14.0. The number of hydrogen-bond acceptors (Lipinski definition) is 4. The maximum absolute atomic E-state index is 12.0. The van der Waals surface area contributed by atoms with Crippen molar-refractivity contribution in [3.05, 3.63) is 29.8 Å². The summed E-state index contributed by atoms with van der Waals surface area (Å²) >= 11 is 0. The van der Waals surface area contributed by atoms with Crippen LogP contribution in [0.3, 0.4) is 0 Å². The number of hydrogen-bond donors (Lipinski definition) is 4. The van der Waals surface area contributed by atoms with Gasteiger partial charge in [0, 0.05) is 23.3 Å². The zero-order valence-electron chi connectivity index (χ0n) is 15.2. The summed E-state index contributed by atoms with van der Waals surface area (Å²) in [5, 5.41) is 13.4. The summed E-state index contributed by atoms with van der Waals surface area (Å²) in [5.41, 5.74) is 0.547. The van der Waals surface area contributed by atoms with Crippen LogP contribution in [0.1, 0.15) is 53.2 Å². The summed E-state index contributed by atoms with van der Waals surface area (Å²) in [5.74, 6) is 0. The van der Waals surface area contributed by atoms with Crippen LogP contribution in [0.25, 0.3) is 0 Å². The van der Waals surface area contributed by atoms with Crippen LogP contribution in [0.5, 0.6) is 0 Å². The molecule has 0 saturated heterocycles. The van der Waals surface area contributed by atoms with Gasteiger partial charge in [0.25, 0.3) is 10.2 Å². The Labute approximate surface area is 156 Å². The van der Waals surface area contributed by atoms with E-state index in [1.54, 1.807) is 45.0 Å². The first-order valence-electron chi connectivity index (χ1n) is 7.62. The first-order valence-corrected chi connectivity index (χ1v) is 9.10. The van der Waals surface area contributed by atoms with Crippen LogP contribution in [-0.4, -0.2) is 31.1 Å². The van der Waals surface area contributed by atoms with Gasteiger partial charge in [0.05, 0.1) is 6.10 Å². The number of anilines is 1. The number of β-amino-alcohol motifs (C(OH)–C–C–N with tert-alkyl or cyclic N) is 1. The van der Waals surface area contributed by atoms with E-state index in [0.717, 1.165) is 5.56 Å². The van der Waals surface area contributed by atoms with Crippen molar-refractivity contribution < 1.29 is 13.5 Å². The van der Waals surface area contributed by atoms with E-state index in [2.05, 4.69) is 14.8 Å². The van der Waals surface area contributed by atoms with E-state index in [0.29, 0.717) is 12.2 Å². The van der Waals surface area contributed by atoms with Crippen molar-refractivity contribution in [2.24, 2.45) is 0 Å². The maximum atomic E-state index is 12.0. The molecule has 0 amide bonds. The number of halogens is 1. The molecule has 1 atom stereocenters. The van der Waals surface area contributed by atoms with Crippen LogP contribution in [0.4, 0.5) is 5.69 Å². The average molecular weight is 424 g/mol. The highest BCUT2D eigenvalue weighted by Gasteiger charge is 2.20. The fraction of sp³-hybridized carbons (Fsp3) is 0.625. The lowest BCUT2D eigenvalue weighted by Gasteiger charge is -2.23. The molecule has 1 aromatic rings. The van der Waals surface area contributed by atoms with E-state index in [1.807, 2.05) is 20.8 Å². The Kier molecular flexibility index (Phi) is 8.38. The summed E-state index contributed by atoms with van der Waals surface area (Å²) in [7, 11) is -3.63. The van der Waals surface area contributed by atoms with Crippen molar-refractivity contribution >= 4 is 32.9 Å². The largest absolute Gasteiger partial charge is 0.387 e. The molecule has 0 radical (unpaired) electrons. The minimum Gasteiger partial charge on any atom is -0.387 e. The number of nitrogens with one attached hydrogen (secondary N) is 3. The molecule has 0 aliphatic heterocycles. The van der Waals surface area contributed by atoms with Gasteiger partial charge in [-0.3, -0.25) is 4.72 Å². The molecule has 0 aliphatic carbocycles. The van der Waals surface area contributed by atoms with Gasteiger partial charge in [0.15, 0.2) is 0 Å².